The van der Waals surface area contributed by atoms with Gasteiger partial charge in [0.25, 0.3) is 5.91 Å². The van der Waals surface area contributed by atoms with Crippen LogP contribution in [0.15, 0.2) is 24.4 Å². The van der Waals surface area contributed by atoms with Crippen molar-refractivity contribution < 1.29 is 14.0 Å². The Morgan fingerprint density at radius 2 is 1.92 bits per heavy atom. The maximum atomic E-state index is 15.0. The summed E-state index contributed by atoms with van der Waals surface area (Å²) in [5.41, 5.74) is 2.84. The maximum absolute atomic E-state index is 15.0. The molecular weight excluding hydrogens is 505 g/mol. The van der Waals surface area contributed by atoms with Gasteiger partial charge in [-0.3, -0.25) is 19.4 Å². The molecule has 202 valence electrons. The molecule has 5 rings (SSSR count). The van der Waals surface area contributed by atoms with E-state index < -0.39 is 12.0 Å². The second-order valence-corrected chi connectivity index (χ2v) is 11.3. The van der Waals surface area contributed by atoms with E-state index in [1.54, 1.807) is 47.8 Å². The Labute approximate surface area is 225 Å². The number of anilines is 1. The van der Waals surface area contributed by atoms with Crippen LogP contribution in [0, 0.1) is 37.5 Å². The highest BCUT2D eigenvalue weighted by molar-refractivity contribution is 7.98. The lowest BCUT2D eigenvalue weighted by Gasteiger charge is -2.27. The molecule has 2 fully saturated rings. The quantitative estimate of drug-likeness (QED) is 0.233. The van der Waals surface area contributed by atoms with E-state index in [4.69, 9.17) is 0 Å². The van der Waals surface area contributed by atoms with Crippen molar-refractivity contribution in [2.45, 2.75) is 58.5 Å². The van der Waals surface area contributed by atoms with Crippen molar-refractivity contribution in [1.82, 2.24) is 30.3 Å². The highest BCUT2D eigenvalue weighted by Crippen LogP contribution is 2.51. The highest BCUT2D eigenvalue weighted by atomic mass is 32.2. The third-order valence-electron chi connectivity index (χ3n) is 7.45. The molecular formula is C27H34FN7O2S. The average molecular weight is 540 g/mol. The fourth-order valence-corrected chi connectivity index (χ4v) is 5.77. The van der Waals surface area contributed by atoms with Gasteiger partial charge in [-0.1, -0.05) is 0 Å². The fraction of sp³-hybridized carbons (Fsp3) is 0.519. The van der Waals surface area contributed by atoms with Crippen LogP contribution < -0.4 is 10.6 Å². The van der Waals surface area contributed by atoms with E-state index in [9.17, 15) is 9.59 Å². The minimum Gasteiger partial charge on any atom is -0.339 e. The van der Waals surface area contributed by atoms with Crippen LogP contribution in [0.1, 0.15) is 54.0 Å². The minimum atomic E-state index is -0.736. The molecule has 0 bridgehead atoms. The topological polar surface area (TPSA) is 118 Å². The molecule has 11 heteroatoms. The van der Waals surface area contributed by atoms with Gasteiger partial charge in [0.05, 0.1) is 5.69 Å². The number of halogens is 1. The number of carbonyl (C=O) groups is 2. The number of pyridine rings is 1. The van der Waals surface area contributed by atoms with Crippen LogP contribution >= 0.6 is 11.8 Å². The summed E-state index contributed by atoms with van der Waals surface area (Å²) in [5, 5.41) is 17.1. The zero-order chi connectivity index (χ0) is 26.8. The standard InChI is InChI=1S/C27H34FN7O2S/c1-15-22(16(2)34-33-15)19-9-10-21(30-25(19)28)31-27(37)24(23(17-5-6-17)18-7-8-18)32-26(36)20-11-12-29-35(20)13-4-14-38-3/h9-12,17-18,23-24H,4-8,13-14H2,1-3H3,(H,32,36)(H,33,34)(H,30,31,37)/t24-/m0/s1. The average Bonchev–Trinajstić information content (AvgIpc) is 3.82. The van der Waals surface area contributed by atoms with Crippen molar-refractivity contribution >= 4 is 29.4 Å². The van der Waals surface area contributed by atoms with Gasteiger partial charge in [-0.25, -0.2) is 4.98 Å². The number of hydrogen-bond acceptors (Lipinski definition) is 6. The Balaban J connectivity index is 1.35. The van der Waals surface area contributed by atoms with Gasteiger partial charge >= 0.3 is 0 Å². The molecule has 0 saturated heterocycles. The number of rotatable bonds is 12. The highest BCUT2D eigenvalue weighted by Gasteiger charge is 2.48. The minimum absolute atomic E-state index is 0.0483. The number of nitrogens with one attached hydrogen (secondary N) is 3. The third kappa shape index (κ3) is 5.77. The van der Waals surface area contributed by atoms with Crippen LogP contribution in [0.2, 0.25) is 0 Å². The third-order valence-corrected chi connectivity index (χ3v) is 8.15. The Morgan fingerprint density at radius 1 is 1.18 bits per heavy atom. The van der Waals surface area contributed by atoms with Crippen LogP contribution in [-0.2, 0) is 11.3 Å². The summed E-state index contributed by atoms with van der Waals surface area (Å²) in [7, 11) is 0. The predicted octanol–water partition coefficient (Wildman–Crippen LogP) is 4.35. The summed E-state index contributed by atoms with van der Waals surface area (Å²) in [6, 6.07) is 4.13. The first kappa shape index (κ1) is 26.4. The molecule has 0 radical (unpaired) electrons. The number of carbonyl (C=O) groups excluding carboxylic acids is 2. The molecule has 0 aromatic carbocycles. The molecule has 1 atom stereocenters. The molecule has 9 nitrogen and oxygen atoms in total. The SMILES string of the molecule is CSCCCn1nccc1C(=O)N[C@H](C(=O)Nc1ccc(-c2c(C)n[nH]c2C)c(F)n1)C(C1CC1)C1CC1. The molecule has 38 heavy (non-hydrogen) atoms. The van der Waals surface area contributed by atoms with Gasteiger partial charge in [-0.2, -0.15) is 26.3 Å². The van der Waals surface area contributed by atoms with Crippen LogP contribution in [-0.4, -0.2) is 54.8 Å². The maximum Gasteiger partial charge on any atom is 0.270 e. The summed E-state index contributed by atoms with van der Waals surface area (Å²) in [6.07, 6.45) is 8.77. The number of hydrogen-bond donors (Lipinski definition) is 3. The molecule has 0 spiro atoms. The zero-order valence-electron chi connectivity index (χ0n) is 22.0. The van der Waals surface area contributed by atoms with E-state index in [-0.39, 0.29) is 23.6 Å². The van der Waals surface area contributed by atoms with E-state index in [0.29, 0.717) is 40.9 Å². The number of nitrogens with zero attached hydrogens (tertiary/aromatic N) is 4. The van der Waals surface area contributed by atoms with Gasteiger partial charge < -0.3 is 10.6 Å². The van der Waals surface area contributed by atoms with Gasteiger partial charge in [0.15, 0.2) is 0 Å². The number of aromatic nitrogens is 5. The number of aryl methyl sites for hydroxylation is 3. The number of H-pyrrole nitrogens is 1. The van der Waals surface area contributed by atoms with Crippen molar-refractivity contribution in [2.24, 2.45) is 17.8 Å². The molecule has 3 aromatic rings. The lowest BCUT2D eigenvalue weighted by Crippen LogP contribution is -2.50. The summed E-state index contributed by atoms with van der Waals surface area (Å²) in [6.45, 7) is 4.25. The van der Waals surface area contributed by atoms with Crippen molar-refractivity contribution in [3.05, 3.63) is 47.4 Å². The summed E-state index contributed by atoms with van der Waals surface area (Å²) in [5.74, 6) is 0.567. The smallest absolute Gasteiger partial charge is 0.270 e. The van der Waals surface area contributed by atoms with Gasteiger partial charge in [-0.15, -0.1) is 0 Å². The van der Waals surface area contributed by atoms with Crippen LogP contribution in [0.4, 0.5) is 10.2 Å². The molecule has 2 aliphatic carbocycles. The van der Waals surface area contributed by atoms with Gasteiger partial charge in [0, 0.05) is 29.6 Å². The number of aromatic amines is 1. The molecule has 0 unspecified atom stereocenters. The summed E-state index contributed by atoms with van der Waals surface area (Å²) < 4.78 is 16.7. The van der Waals surface area contributed by atoms with Crippen molar-refractivity contribution in [1.29, 1.82) is 0 Å². The fourth-order valence-electron chi connectivity index (χ4n) is 5.35. The molecule has 2 saturated carbocycles. The summed E-state index contributed by atoms with van der Waals surface area (Å²) in [4.78, 5) is 31.0. The van der Waals surface area contributed by atoms with Crippen molar-refractivity contribution in [3.8, 4) is 11.1 Å². The molecule has 3 aromatic heterocycles. The second-order valence-electron chi connectivity index (χ2n) is 10.3. The van der Waals surface area contributed by atoms with E-state index in [0.717, 1.165) is 43.6 Å². The molecule has 2 amide bonds. The first-order chi connectivity index (χ1) is 18.4. The van der Waals surface area contributed by atoms with Crippen molar-refractivity contribution in [2.75, 3.05) is 17.3 Å². The number of thioether (sulfide) groups is 1. The Morgan fingerprint density at radius 3 is 2.53 bits per heavy atom. The van der Waals surface area contributed by atoms with Crippen LogP contribution in [0.3, 0.4) is 0 Å². The lowest BCUT2D eigenvalue weighted by atomic mass is 9.88. The van der Waals surface area contributed by atoms with E-state index in [2.05, 4.69) is 30.9 Å². The monoisotopic (exact) mass is 539 g/mol. The van der Waals surface area contributed by atoms with Gasteiger partial charge in [0.1, 0.15) is 17.6 Å². The predicted molar refractivity (Wildman–Crippen MR) is 145 cm³/mol. The van der Waals surface area contributed by atoms with Gasteiger partial charge in [-0.05, 0) is 93.9 Å². The van der Waals surface area contributed by atoms with Crippen molar-refractivity contribution in [3.63, 3.8) is 0 Å². The molecule has 3 N–H and O–H groups in total. The van der Waals surface area contributed by atoms with Gasteiger partial charge in [0.2, 0.25) is 11.9 Å². The Bertz CT molecular complexity index is 1280. The van der Waals surface area contributed by atoms with E-state index in [1.807, 2.05) is 13.2 Å². The molecule has 3 heterocycles. The Hall–Kier alpha value is -3.21. The molecule has 2 aliphatic rings. The summed E-state index contributed by atoms with van der Waals surface area (Å²) >= 11 is 1.75. The normalized spacial score (nSPS) is 16.0. The first-order valence-corrected chi connectivity index (χ1v) is 14.6. The van der Waals surface area contributed by atoms with E-state index in [1.165, 1.54) is 0 Å². The second kappa shape index (κ2) is 11.3. The van der Waals surface area contributed by atoms with Crippen LogP contribution in [0.5, 0.6) is 0 Å². The Kier molecular flexibility index (Phi) is 7.83. The first-order valence-electron chi connectivity index (χ1n) is 13.2. The lowest BCUT2D eigenvalue weighted by molar-refractivity contribution is -0.119. The largest absolute Gasteiger partial charge is 0.339 e. The number of amides is 2. The molecule has 0 aliphatic heterocycles. The van der Waals surface area contributed by atoms with E-state index >= 15 is 4.39 Å². The zero-order valence-corrected chi connectivity index (χ0v) is 22.8. The van der Waals surface area contributed by atoms with Crippen LogP contribution in [0.25, 0.3) is 11.1 Å².